The number of hydrogen-bond acceptors (Lipinski definition) is 2. The highest BCUT2D eigenvalue weighted by Gasteiger charge is 2.28. The summed E-state index contributed by atoms with van der Waals surface area (Å²) in [5.74, 6) is 0.130. The number of fused-ring (bicyclic) bond motifs is 1. The van der Waals surface area contributed by atoms with Gasteiger partial charge in [-0.15, -0.1) is 0 Å². The molecule has 2 aromatic carbocycles. The molecule has 20 heavy (non-hydrogen) atoms. The molecule has 1 unspecified atom stereocenters. The summed E-state index contributed by atoms with van der Waals surface area (Å²) in [5.41, 5.74) is -0.0597. The van der Waals surface area contributed by atoms with E-state index in [-0.39, 0.29) is 12.2 Å². The van der Waals surface area contributed by atoms with Crippen LogP contribution >= 0.6 is 0 Å². The molecule has 2 nitrogen and oxygen atoms in total. The fourth-order valence-electron chi connectivity index (χ4n) is 2.35. The molecular weight excluding hydrogens is 255 g/mol. The van der Waals surface area contributed by atoms with Crippen LogP contribution in [0.5, 0.6) is 0 Å². The minimum absolute atomic E-state index is 0.166. The summed E-state index contributed by atoms with van der Waals surface area (Å²) in [5, 5.41) is 11.5. The molecule has 1 heterocycles. The molecule has 0 bridgehead atoms. The minimum atomic E-state index is -1.25. The summed E-state index contributed by atoms with van der Waals surface area (Å²) >= 11 is 0. The number of hydrogen-bond donors (Lipinski definition) is 1. The quantitative estimate of drug-likeness (QED) is 0.779. The lowest BCUT2D eigenvalue weighted by Gasteiger charge is -2.21. The Morgan fingerprint density at radius 1 is 1.10 bits per heavy atom. The van der Waals surface area contributed by atoms with Gasteiger partial charge in [-0.1, -0.05) is 36.4 Å². The van der Waals surface area contributed by atoms with Gasteiger partial charge in [0, 0.05) is 11.8 Å². The average molecular weight is 270 g/mol. The molecule has 0 saturated carbocycles. The van der Waals surface area contributed by atoms with Gasteiger partial charge in [0.1, 0.15) is 22.8 Å². The van der Waals surface area contributed by atoms with E-state index in [1.165, 1.54) is 6.07 Å². The summed E-state index contributed by atoms with van der Waals surface area (Å²) in [6.07, 6.45) is 0.166. The molecule has 0 aliphatic heterocycles. The van der Waals surface area contributed by atoms with Crippen LogP contribution in [0.2, 0.25) is 0 Å². The molecule has 0 amide bonds. The predicted octanol–water partition coefficient (Wildman–Crippen LogP) is 4.02. The maximum Gasteiger partial charge on any atom is 0.136 e. The topological polar surface area (TPSA) is 33.4 Å². The highest BCUT2D eigenvalue weighted by atomic mass is 19.1. The van der Waals surface area contributed by atoms with Crippen LogP contribution in [0.1, 0.15) is 18.2 Å². The summed E-state index contributed by atoms with van der Waals surface area (Å²) in [4.78, 5) is 0. The maximum atomic E-state index is 13.7. The molecule has 3 aromatic rings. The third-order valence-electron chi connectivity index (χ3n) is 3.45. The molecule has 0 saturated heterocycles. The first-order chi connectivity index (χ1) is 9.56. The third kappa shape index (κ3) is 2.32. The minimum Gasteiger partial charge on any atom is -0.458 e. The van der Waals surface area contributed by atoms with Crippen molar-refractivity contribution in [1.29, 1.82) is 0 Å². The first kappa shape index (κ1) is 12.9. The molecule has 0 aliphatic carbocycles. The zero-order valence-electron chi connectivity index (χ0n) is 11.1. The number of furan rings is 1. The Labute approximate surface area is 116 Å². The number of rotatable bonds is 3. The molecular formula is C17H15FO2. The Hall–Kier alpha value is -2.13. The monoisotopic (exact) mass is 270 g/mol. The van der Waals surface area contributed by atoms with Gasteiger partial charge < -0.3 is 9.52 Å². The van der Waals surface area contributed by atoms with Crippen LogP contribution in [0.15, 0.2) is 59.0 Å². The van der Waals surface area contributed by atoms with E-state index in [0.717, 1.165) is 11.0 Å². The smallest absolute Gasteiger partial charge is 0.136 e. The van der Waals surface area contributed by atoms with Crippen LogP contribution in [0.25, 0.3) is 11.0 Å². The second kappa shape index (κ2) is 4.76. The second-order valence-corrected chi connectivity index (χ2v) is 5.19. The second-order valence-electron chi connectivity index (χ2n) is 5.19. The molecule has 1 aromatic heterocycles. The van der Waals surface area contributed by atoms with Crippen molar-refractivity contribution in [3.63, 3.8) is 0 Å². The van der Waals surface area contributed by atoms with Crippen molar-refractivity contribution in [2.75, 3.05) is 0 Å². The van der Waals surface area contributed by atoms with Gasteiger partial charge in [-0.3, -0.25) is 0 Å². The molecule has 1 N–H and O–H groups in total. The van der Waals surface area contributed by atoms with Gasteiger partial charge in [-0.05, 0) is 30.7 Å². The van der Waals surface area contributed by atoms with Crippen molar-refractivity contribution < 1.29 is 13.9 Å². The normalized spacial score (nSPS) is 14.3. The Balaban J connectivity index is 1.97. The SMILES string of the molecule is CC(O)(Cc1ccccc1F)c1cc2ccccc2o1. The number of aliphatic hydroxyl groups is 1. The van der Waals surface area contributed by atoms with Gasteiger partial charge in [0.2, 0.25) is 0 Å². The third-order valence-corrected chi connectivity index (χ3v) is 3.45. The van der Waals surface area contributed by atoms with Crippen LogP contribution in [0.4, 0.5) is 4.39 Å². The highest BCUT2D eigenvalue weighted by molar-refractivity contribution is 5.77. The Bertz CT molecular complexity index is 710. The summed E-state index contributed by atoms with van der Waals surface area (Å²) < 4.78 is 19.4. The van der Waals surface area contributed by atoms with Gasteiger partial charge in [0.25, 0.3) is 0 Å². The molecule has 0 spiro atoms. The molecule has 3 rings (SSSR count). The van der Waals surface area contributed by atoms with Crippen LogP contribution in [0, 0.1) is 5.82 Å². The van der Waals surface area contributed by atoms with Crippen molar-refractivity contribution in [1.82, 2.24) is 0 Å². The number of para-hydroxylation sites is 1. The lowest BCUT2D eigenvalue weighted by molar-refractivity contribution is 0.0352. The van der Waals surface area contributed by atoms with Crippen LogP contribution in [-0.4, -0.2) is 5.11 Å². The molecule has 3 heteroatoms. The molecule has 1 atom stereocenters. The first-order valence-corrected chi connectivity index (χ1v) is 6.51. The van der Waals surface area contributed by atoms with E-state index in [2.05, 4.69) is 0 Å². The van der Waals surface area contributed by atoms with E-state index in [0.29, 0.717) is 11.3 Å². The van der Waals surface area contributed by atoms with Crippen molar-refractivity contribution in [2.45, 2.75) is 18.9 Å². The van der Waals surface area contributed by atoms with E-state index in [1.807, 2.05) is 24.3 Å². The maximum absolute atomic E-state index is 13.7. The first-order valence-electron chi connectivity index (χ1n) is 6.51. The standard InChI is InChI=1S/C17H15FO2/c1-17(19,11-13-7-2-4-8-14(13)18)16-10-12-6-3-5-9-15(12)20-16/h2-10,19H,11H2,1H3. The predicted molar refractivity (Wildman–Crippen MR) is 75.9 cm³/mol. The van der Waals surface area contributed by atoms with Crippen LogP contribution in [0.3, 0.4) is 0 Å². The Morgan fingerprint density at radius 3 is 2.55 bits per heavy atom. The molecule has 102 valence electrons. The fraction of sp³-hybridized carbons (Fsp3) is 0.176. The lowest BCUT2D eigenvalue weighted by Crippen LogP contribution is -2.24. The van der Waals surface area contributed by atoms with Crippen molar-refractivity contribution in [2.24, 2.45) is 0 Å². The van der Waals surface area contributed by atoms with Crippen molar-refractivity contribution in [3.05, 3.63) is 71.7 Å². The molecule has 0 fully saturated rings. The zero-order chi connectivity index (χ0) is 14.2. The Morgan fingerprint density at radius 2 is 1.80 bits per heavy atom. The van der Waals surface area contributed by atoms with E-state index in [9.17, 15) is 9.50 Å². The Kier molecular flexibility index (Phi) is 3.07. The van der Waals surface area contributed by atoms with Crippen LogP contribution < -0.4 is 0 Å². The van der Waals surface area contributed by atoms with E-state index in [4.69, 9.17) is 4.42 Å². The summed E-state index contributed by atoms with van der Waals surface area (Å²) in [7, 11) is 0. The largest absolute Gasteiger partial charge is 0.458 e. The van der Waals surface area contributed by atoms with E-state index in [1.54, 1.807) is 31.2 Å². The average Bonchev–Trinajstić information content (AvgIpc) is 2.86. The van der Waals surface area contributed by atoms with Gasteiger partial charge in [0.15, 0.2) is 0 Å². The zero-order valence-corrected chi connectivity index (χ0v) is 11.1. The van der Waals surface area contributed by atoms with E-state index >= 15 is 0 Å². The van der Waals surface area contributed by atoms with E-state index < -0.39 is 5.60 Å². The highest BCUT2D eigenvalue weighted by Crippen LogP contribution is 2.31. The van der Waals surface area contributed by atoms with Gasteiger partial charge in [-0.25, -0.2) is 4.39 Å². The van der Waals surface area contributed by atoms with Crippen LogP contribution in [-0.2, 0) is 12.0 Å². The number of benzene rings is 2. The van der Waals surface area contributed by atoms with Gasteiger partial charge in [-0.2, -0.15) is 0 Å². The summed E-state index contributed by atoms with van der Waals surface area (Å²) in [6.45, 7) is 1.64. The van der Waals surface area contributed by atoms with Gasteiger partial charge in [0.05, 0.1) is 0 Å². The number of halogens is 1. The van der Waals surface area contributed by atoms with Crippen molar-refractivity contribution in [3.8, 4) is 0 Å². The van der Waals surface area contributed by atoms with Crippen molar-refractivity contribution >= 4 is 11.0 Å². The molecule has 0 radical (unpaired) electrons. The summed E-state index contributed by atoms with van der Waals surface area (Å²) in [6, 6.07) is 15.8. The van der Waals surface area contributed by atoms with Gasteiger partial charge >= 0.3 is 0 Å². The molecule has 0 aliphatic rings. The lowest BCUT2D eigenvalue weighted by atomic mass is 9.93. The fourth-order valence-corrected chi connectivity index (χ4v) is 2.35.